The smallest absolute Gasteiger partial charge is 0.269 e. The maximum atomic E-state index is 14.2. The van der Waals surface area contributed by atoms with Crippen molar-refractivity contribution in [2.45, 2.75) is 30.6 Å². The molecule has 1 atom stereocenters. The Morgan fingerprint density at radius 1 is 1.09 bits per heavy atom. The van der Waals surface area contributed by atoms with Crippen LogP contribution in [0.2, 0.25) is 0 Å². The number of amides is 1. The van der Waals surface area contributed by atoms with Crippen molar-refractivity contribution in [3.8, 4) is 0 Å². The molecule has 1 amide bonds. The molecule has 2 heterocycles. The van der Waals surface area contributed by atoms with Crippen LogP contribution < -0.4 is 4.90 Å². The van der Waals surface area contributed by atoms with E-state index in [4.69, 9.17) is 0 Å². The van der Waals surface area contributed by atoms with Crippen LogP contribution in [0.15, 0.2) is 41.3 Å². The van der Waals surface area contributed by atoms with Gasteiger partial charge in [-0.15, -0.1) is 0 Å². The number of non-ortho nitro benzene ring substituents is 1. The minimum atomic E-state index is -3.96. The lowest BCUT2D eigenvalue weighted by atomic mass is 9.94. The number of hydrogen-bond acceptors (Lipinski definition) is 5. The highest BCUT2D eigenvalue weighted by molar-refractivity contribution is 7.89. The summed E-state index contributed by atoms with van der Waals surface area (Å²) in [5.41, 5.74) is 0.269. The van der Waals surface area contributed by atoms with E-state index in [0.29, 0.717) is 32.2 Å². The molecule has 0 saturated carbocycles. The first-order valence-corrected chi connectivity index (χ1v) is 11.7. The SMILES string of the molecule is O=C(C1CCCN(S(=O)(=O)c2ccc([N+](=O)[O-])cc2)C1)N1CCCc2c(F)cc(F)cc21. The first kappa shape index (κ1) is 22.3. The Bertz CT molecular complexity index is 1170. The third-order valence-corrected chi connectivity index (χ3v) is 7.80. The zero-order valence-electron chi connectivity index (χ0n) is 17.0. The molecule has 1 unspecified atom stereocenters. The summed E-state index contributed by atoms with van der Waals surface area (Å²) in [5.74, 6) is -2.48. The summed E-state index contributed by atoms with van der Waals surface area (Å²) in [6, 6.07) is 6.52. The number of nitrogens with zero attached hydrogens (tertiary/aromatic N) is 3. The maximum absolute atomic E-state index is 14.2. The van der Waals surface area contributed by atoms with Crippen molar-refractivity contribution in [1.82, 2.24) is 4.31 Å². The predicted octanol–water partition coefficient (Wildman–Crippen LogP) is 3.25. The van der Waals surface area contributed by atoms with E-state index in [-0.39, 0.29) is 40.8 Å². The lowest BCUT2D eigenvalue weighted by Crippen LogP contribution is -2.48. The van der Waals surface area contributed by atoms with Crippen molar-refractivity contribution in [2.75, 3.05) is 24.5 Å². The molecular weight excluding hydrogens is 444 g/mol. The Labute approximate surface area is 183 Å². The van der Waals surface area contributed by atoms with Crippen LogP contribution in [0.25, 0.3) is 0 Å². The van der Waals surface area contributed by atoms with E-state index in [1.807, 2.05) is 0 Å². The first-order valence-electron chi connectivity index (χ1n) is 10.2. The van der Waals surface area contributed by atoms with Gasteiger partial charge in [0.05, 0.1) is 21.4 Å². The second-order valence-corrected chi connectivity index (χ2v) is 9.87. The molecule has 11 heteroatoms. The van der Waals surface area contributed by atoms with Gasteiger partial charge in [-0.05, 0) is 43.9 Å². The highest BCUT2D eigenvalue weighted by atomic mass is 32.2. The van der Waals surface area contributed by atoms with Crippen molar-refractivity contribution in [2.24, 2.45) is 5.92 Å². The second-order valence-electron chi connectivity index (χ2n) is 7.93. The summed E-state index contributed by atoms with van der Waals surface area (Å²) in [4.78, 5) is 24.7. The van der Waals surface area contributed by atoms with E-state index < -0.39 is 32.5 Å². The standard InChI is InChI=1S/C21H21F2N3O5S/c22-15-11-19(23)18-4-2-10-25(20(18)12-15)21(27)14-3-1-9-24(13-14)32(30,31)17-7-5-16(6-8-17)26(28)29/h5-8,11-12,14H,1-4,9-10,13H2. The highest BCUT2D eigenvalue weighted by Gasteiger charge is 2.37. The lowest BCUT2D eigenvalue weighted by molar-refractivity contribution is -0.384. The van der Waals surface area contributed by atoms with Crippen molar-refractivity contribution < 1.29 is 26.9 Å². The molecule has 0 aromatic heterocycles. The molecule has 0 spiro atoms. The molecule has 0 N–H and O–H groups in total. The van der Waals surface area contributed by atoms with Gasteiger partial charge < -0.3 is 4.90 Å². The number of anilines is 1. The molecule has 1 saturated heterocycles. The van der Waals surface area contributed by atoms with Crippen LogP contribution in [-0.2, 0) is 21.2 Å². The zero-order valence-corrected chi connectivity index (χ0v) is 17.9. The molecule has 2 aliphatic rings. The van der Waals surface area contributed by atoms with Gasteiger partial charge in [-0.2, -0.15) is 4.31 Å². The number of benzene rings is 2. The van der Waals surface area contributed by atoms with E-state index in [0.717, 1.165) is 24.3 Å². The molecule has 170 valence electrons. The molecule has 2 aromatic rings. The van der Waals surface area contributed by atoms with Crippen molar-refractivity contribution >= 4 is 27.3 Å². The number of carbonyl (C=O) groups excluding carboxylic acids is 1. The minimum Gasteiger partial charge on any atom is -0.312 e. The van der Waals surface area contributed by atoms with Crippen LogP contribution in [0.4, 0.5) is 20.2 Å². The third-order valence-electron chi connectivity index (χ3n) is 5.92. The zero-order chi connectivity index (χ0) is 23.0. The lowest BCUT2D eigenvalue weighted by Gasteiger charge is -2.36. The topological polar surface area (TPSA) is 101 Å². The highest BCUT2D eigenvalue weighted by Crippen LogP contribution is 2.33. The van der Waals surface area contributed by atoms with Crippen LogP contribution >= 0.6 is 0 Å². The third kappa shape index (κ3) is 4.09. The fraction of sp³-hybridized carbons (Fsp3) is 0.381. The maximum Gasteiger partial charge on any atom is 0.269 e. The summed E-state index contributed by atoms with van der Waals surface area (Å²) in [6.07, 6.45) is 1.82. The monoisotopic (exact) mass is 465 g/mol. The van der Waals surface area contributed by atoms with Gasteiger partial charge in [-0.25, -0.2) is 17.2 Å². The largest absolute Gasteiger partial charge is 0.312 e. The van der Waals surface area contributed by atoms with Crippen LogP contribution in [0, 0.1) is 27.7 Å². The molecule has 0 bridgehead atoms. The number of rotatable bonds is 4. The fourth-order valence-electron chi connectivity index (χ4n) is 4.31. The summed E-state index contributed by atoms with van der Waals surface area (Å²) < 4.78 is 55.3. The minimum absolute atomic E-state index is 0.0677. The summed E-state index contributed by atoms with van der Waals surface area (Å²) in [5, 5.41) is 10.8. The average Bonchev–Trinajstić information content (AvgIpc) is 2.78. The molecule has 4 rings (SSSR count). The molecule has 0 radical (unpaired) electrons. The van der Waals surface area contributed by atoms with Crippen molar-refractivity contribution in [3.63, 3.8) is 0 Å². The van der Waals surface area contributed by atoms with Crippen molar-refractivity contribution in [3.05, 3.63) is 63.7 Å². The van der Waals surface area contributed by atoms with Gasteiger partial charge in [0.15, 0.2) is 0 Å². The summed E-state index contributed by atoms with van der Waals surface area (Å²) in [7, 11) is -3.96. The number of fused-ring (bicyclic) bond motifs is 1. The normalized spacial score (nSPS) is 19.4. The van der Waals surface area contributed by atoms with Crippen molar-refractivity contribution in [1.29, 1.82) is 0 Å². The Kier molecular flexibility index (Phi) is 5.95. The summed E-state index contributed by atoms with van der Waals surface area (Å²) >= 11 is 0. The number of nitro groups is 1. The first-order chi connectivity index (χ1) is 15.2. The van der Waals surface area contributed by atoms with Gasteiger partial charge in [0, 0.05) is 43.4 Å². The van der Waals surface area contributed by atoms with Gasteiger partial charge in [0.1, 0.15) is 11.6 Å². The number of piperidine rings is 1. The van der Waals surface area contributed by atoms with Gasteiger partial charge in [-0.1, -0.05) is 0 Å². The predicted molar refractivity (Wildman–Crippen MR) is 112 cm³/mol. The average molecular weight is 465 g/mol. The summed E-state index contributed by atoms with van der Waals surface area (Å²) in [6.45, 7) is 0.449. The number of nitro benzene ring substituents is 1. The van der Waals surface area contributed by atoms with E-state index >= 15 is 0 Å². The molecule has 0 aliphatic carbocycles. The quantitative estimate of drug-likeness (QED) is 0.510. The van der Waals surface area contributed by atoms with Gasteiger partial charge in [0.2, 0.25) is 15.9 Å². The number of carbonyl (C=O) groups is 1. The van der Waals surface area contributed by atoms with E-state index in [1.165, 1.54) is 21.3 Å². The molecule has 1 fully saturated rings. The Morgan fingerprint density at radius 3 is 2.50 bits per heavy atom. The molecule has 8 nitrogen and oxygen atoms in total. The molecular formula is C21H21F2N3O5S. The molecule has 32 heavy (non-hydrogen) atoms. The van der Waals surface area contributed by atoms with Gasteiger partial charge in [0.25, 0.3) is 5.69 Å². The molecule has 2 aromatic carbocycles. The van der Waals surface area contributed by atoms with Crippen LogP contribution in [-0.4, -0.2) is 43.2 Å². The Hall–Kier alpha value is -2.92. The number of sulfonamides is 1. The number of halogens is 2. The molecule has 2 aliphatic heterocycles. The Morgan fingerprint density at radius 2 is 1.81 bits per heavy atom. The van der Waals surface area contributed by atoms with Crippen LogP contribution in [0.5, 0.6) is 0 Å². The van der Waals surface area contributed by atoms with E-state index in [2.05, 4.69) is 0 Å². The van der Waals surface area contributed by atoms with Gasteiger partial charge in [-0.3, -0.25) is 14.9 Å². The van der Waals surface area contributed by atoms with Crippen LogP contribution in [0.1, 0.15) is 24.8 Å². The van der Waals surface area contributed by atoms with Gasteiger partial charge >= 0.3 is 0 Å². The number of hydrogen-bond donors (Lipinski definition) is 0. The van der Waals surface area contributed by atoms with E-state index in [1.54, 1.807) is 0 Å². The van der Waals surface area contributed by atoms with Crippen LogP contribution in [0.3, 0.4) is 0 Å². The van der Waals surface area contributed by atoms with E-state index in [9.17, 15) is 32.1 Å². The Balaban J connectivity index is 1.56. The fourth-order valence-corrected chi connectivity index (χ4v) is 5.84. The second kappa shape index (κ2) is 8.55.